The normalized spacial score (nSPS) is 14.0. The van der Waals surface area contributed by atoms with E-state index in [-0.39, 0.29) is 17.4 Å². The van der Waals surface area contributed by atoms with Gasteiger partial charge < -0.3 is 10.3 Å². The molecule has 0 bridgehead atoms. The van der Waals surface area contributed by atoms with Crippen LogP contribution in [0, 0.1) is 5.82 Å². The van der Waals surface area contributed by atoms with Gasteiger partial charge in [0.05, 0.1) is 6.04 Å². The molecule has 0 saturated carbocycles. The molecule has 0 aliphatic rings. The molecule has 4 heteroatoms. The van der Waals surface area contributed by atoms with E-state index in [1.165, 1.54) is 12.1 Å². The molecule has 3 nitrogen and oxygen atoms in total. The second-order valence-electron chi connectivity index (χ2n) is 4.96. The molecule has 0 spiro atoms. The first-order chi connectivity index (χ1) is 9.54. The number of hydrogen-bond acceptors (Lipinski definition) is 2. The Kier molecular flexibility index (Phi) is 4.35. The zero-order valence-electron chi connectivity index (χ0n) is 11.7. The molecule has 1 aromatic carbocycles. The van der Waals surface area contributed by atoms with Crippen LogP contribution in [0.1, 0.15) is 43.5 Å². The van der Waals surface area contributed by atoms with Crippen LogP contribution >= 0.6 is 0 Å². The molecular formula is C16H19FN2O. The van der Waals surface area contributed by atoms with Crippen LogP contribution in [0.4, 0.5) is 4.39 Å². The first-order valence-corrected chi connectivity index (χ1v) is 6.76. The van der Waals surface area contributed by atoms with Crippen molar-refractivity contribution in [2.75, 3.05) is 0 Å². The summed E-state index contributed by atoms with van der Waals surface area (Å²) in [5.74, 6) is -0.314. The fourth-order valence-corrected chi connectivity index (χ4v) is 2.16. The average Bonchev–Trinajstić information content (AvgIpc) is 2.47. The van der Waals surface area contributed by atoms with Crippen molar-refractivity contribution in [3.05, 3.63) is 69.9 Å². The van der Waals surface area contributed by atoms with Gasteiger partial charge in [0.1, 0.15) is 5.82 Å². The van der Waals surface area contributed by atoms with Gasteiger partial charge in [0.2, 0.25) is 0 Å². The van der Waals surface area contributed by atoms with Crippen LogP contribution in [0.5, 0.6) is 0 Å². The zero-order chi connectivity index (χ0) is 14.7. The van der Waals surface area contributed by atoms with Crippen molar-refractivity contribution in [1.29, 1.82) is 0 Å². The van der Waals surface area contributed by atoms with Crippen molar-refractivity contribution >= 4 is 0 Å². The minimum atomic E-state index is -0.542. The minimum Gasteiger partial charge on any atom is -0.320 e. The van der Waals surface area contributed by atoms with Crippen LogP contribution in [0.15, 0.2) is 47.4 Å². The van der Waals surface area contributed by atoms with Gasteiger partial charge in [-0.15, -0.1) is 0 Å². The lowest BCUT2D eigenvalue weighted by molar-refractivity contribution is 0.509. The second-order valence-corrected chi connectivity index (χ2v) is 4.96. The second kappa shape index (κ2) is 6.01. The highest BCUT2D eigenvalue weighted by atomic mass is 19.1. The molecule has 0 aliphatic heterocycles. The largest absolute Gasteiger partial charge is 0.320 e. The molecule has 2 rings (SSSR count). The van der Waals surface area contributed by atoms with Crippen LogP contribution in [-0.2, 0) is 0 Å². The SMILES string of the molecule is CCC(C)n1cccc(C(N)c2ccc(F)cc2)c1=O. The van der Waals surface area contributed by atoms with Crippen molar-refractivity contribution in [2.24, 2.45) is 5.73 Å². The van der Waals surface area contributed by atoms with Crippen molar-refractivity contribution in [3.63, 3.8) is 0 Å². The van der Waals surface area contributed by atoms with Crippen LogP contribution in [0.3, 0.4) is 0 Å². The summed E-state index contributed by atoms with van der Waals surface area (Å²) in [5.41, 5.74) is 7.31. The molecule has 106 valence electrons. The Morgan fingerprint density at radius 3 is 2.50 bits per heavy atom. The number of nitrogens with two attached hydrogens (primary N) is 1. The Balaban J connectivity index is 2.42. The van der Waals surface area contributed by atoms with Gasteiger partial charge in [-0.05, 0) is 37.1 Å². The Labute approximate surface area is 117 Å². The molecule has 2 atom stereocenters. The monoisotopic (exact) mass is 274 g/mol. The van der Waals surface area contributed by atoms with Gasteiger partial charge in [-0.1, -0.05) is 25.1 Å². The molecule has 2 N–H and O–H groups in total. The smallest absolute Gasteiger partial charge is 0.255 e. The third kappa shape index (κ3) is 2.80. The molecule has 1 aromatic heterocycles. The first-order valence-electron chi connectivity index (χ1n) is 6.76. The van der Waals surface area contributed by atoms with Gasteiger partial charge >= 0.3 is 0 Å². The standard InChI is InChI=1S/C16H19FN2O/c1-3-11(2)19-10-4-5-14(16(19)20)15(18)12-6-8-13(17)9-7-12/h4-11,15H,3,18H2,1-2H3. The predicted molar refractivity (Wildman–Crippen MR) is 78.1 cm³/mol. The van der Waals surface area contributed by atoms with E-state index < -0.39 is 6.04 Å². The van der Waals surface area contributed by atoms with E-state index in [9.17, 15) is 9.18 Å². The number of benzene rings is 1. The number of pyridine rings is 1. The lowest BCUT2D eigenvalue weighted by atomic mass is 10.0. The van der Waals surface area contributed by atoms with Gasteiger partial charge in [0.15, 0.2) is 0 Å². The quantitative estimate of drug-likeness (QED) is 0.931. The Morgan fingerprint density at radius 1 is 1.25 bits per heavy atom. The Hall–Kier alpha value is -1.94. The van der Waals surface area contributed by atoms with E-state index in [4.69, 9.17) is 5.73 Å². The van der Waals surface area contributed by atoms with Gasteiger partial charge in [-0.3, -0.25) is 4.79 Å². The molecule has 0 saturated heterocycles. The zero-order valence-corrected chi connectivity index (χ0v) is 11.7. The van der Waals surface area contributed by atoms with Crippen LogP contribution < -0.4 is 11.3 Å². The van der Waals surface area contributed by atoms with E-state index >= 15 is 0 Å². The fraction of sp³-hybridized carbons (Fsp3) is 0.312. The van der Waals surface area contributed by atoms with Crippen LogP contribution in [0.25, 0.3) is 0 Å². The molecule has 2 aromatic rings. The molecule has 0 amide bonds. The summed E-state index contributed by atoms with van der Waals surface area (Å²) < 4.78 is 14.6. The first kappa shape index (κ1) is 14.5. The van der Waals surface area contributed by atoms with E-state index in [0.717, 1.165) is 12.0 Å². The molecular weight excluding hydrogens is 255 g/mol. The van der Waals surface area contributed by atoms with Crippen molar-refractivity contribution in [1.82, 2.24) is 4.57 Å². The van der Waals surface area contributed by atoms with Crippen molar-refractivity contribution < 1.29 is 4.39 Å². The van der Waals surface area contributed by atoms with Crippen LogP contribution in [-0.4, -0.2) is 4.57 Å². The van der Waals surface area contributed by atoms with E-state index in [1.54, 1.807) is 29.0 Å². The van der Waals surface area contributed by atoms with E-state index in [2.05, 4.69) is 0 Å². The molecule has 0 aliphatic carbocycles. The van der Waals surface area contributed by atoms with Gasteiger partial charge in [-0.2, -0.15) is 0 Å². The van der Waals surface area contributed by atoms with E-state index in [0.29, 0.717) is 5.56 Å². The van der Waals surface area contributed by atoms with Crippen molar-refractivity contribution in [2.45, 2.75) is 32.4 Å². The predicted octanol–water partition coefficient (Wildman–Crippen LogP) is 3.01. The summed E-state index contributed by atoms with van der Waals surface area (Å²) in [6, 6.07) is 9.07. The third-order valence-electron chi connectivity index (χ3n) is 3.63. The lowest BCUT2D eigenvalue weighted by Crippen LogP contribution is -2.29. The summed E-state index contributed by atoms with van der Waals surface area (Å²) in [4.78, 5) is 12.5. The molecule has 1 heterocycles. The van der Waals surface area contributed by atoms with E-state index in [1.807, 2.05) is 19.9 Å². The highest BCUT2D eigenvalue weighted by molar-refractivity contribution is 5.30. The maximum Gasteiger partial charge on any atom is 0.255 e. The number of aromatic nitrogens is 1. The lowest BCUT2D eigenvalue weighted by Gasteiger charge is -2.17. The summed E-state index contributed by atoms with van der Waals surface area (Å²) >= 11 is 0. The Morgan fingerprint density at radius 2 is 1.90 bits per heavy atom. The third-order valence-corrected chi connectivity index (χ3v) is 3.63. The highest BCUT2D eigenvalue weighted by Crippen LogP contribution is 2.18. The summed E-state index contributed by atoms with van der Waals surface area (Å²) in [6.45, 7) is 4.03. The number of nitrogens with zero attached hydrogens (tertiary/aromatic N) is 1. The minimum absolute atomic E-state index is 0.0846. The highest BCUT2D eigenvalue weighted by Gasteiger charge is 2.15. The molecule has 0 radical (unpaired) electrons. The molecule has 20 heavy (non-hydrogen) atoms. The fourth-order valence-electron chi connectivity index (χ4n) is 2.16. The molecule has 0 fully saturated rings. The average molecular weight is 274 g/mol. The van der Waals surface area contributed by atoms with Crippen molar-refractivity contribution in [3.8, 4) is 0 Å². The maximum atomic E-state index is 12.9. The summed E-state index contributed by atoms with van der Waals surface area (Å²) in [5, 5.41) is 0. The van der Waals surface area contributed by atoms with Gasteiger partial charge in [-0.25, -0.2) is 4.39 Å². The molecule has 2 unspecified atom stereocenters. The van der Waals surface area contributed by atoms with Gasteiger partial charge in [0, 0.05) is 17.8 Å². The topological polar surface area (TPSA) is 48.0 Å². The number of rotatable bonds is 4. The van der Waals surface area contributed by atoms with Gasteiger partial charge in [0.25, 0.3) is 5.56 Å². The number of hydrogen-bond donors (Lipinski definition) is 1. The number of halogens is 1. The maximum absolute atomic E-state index is 12.9. The summed E-state index contributed by atoms with van der Waals surface area (Å²) in [6.07, 6.45) is 2.65. The Bertz CT molecular complexity index is 634. The van der Waals surface area contributed by atoms with Crippen LogP contribution in [0.2, 0.25) is 0 Å². The summed E-state index contributed by atoms with van der Waals surface area (Å²) in [7, 11) is 0.